The first-order valence-electron chi connectivity index (χ1n) is 12.4. The Morgan fingerprint density at radius 1 is 1.07 bits per heavy atom. The minimum Gasteiger partial charge on any atom is -0.473 e. The number of carbonyl (C=O) groups excluding carboxylic acids is 1. The molecule has 2 aromatic heterocycles. The number of halogens is 5. The Balaban J connectivity index is 1.63. The molecule has 0 atom stereocenters. The first-order valence-corrected chi connectivity index (χ1v) is 13.2. The van der Waals surface area contributed by atoms with Gasteiger partial charge in [-0.1, -0.05) is 60.4 Å². The number of hydrogen-bond acceptors (Lipinski definition) is 7. The van der Waals surface area contributed by atoms with E-state index in [1.165, 1.54) is 31.2 Å². The van der Waals surface area contributed by atoms with Gasteiger partial charge >= 0.3 is 12.1 Å². The molecule has 4 aromatic rings. The summed E-state index contributed by atoms with van der Waals surface area (Å²) in [7, 11) is 2.76. The van der Waals surface area contributed by atoms with Gasteiger partial charge in [-0.3, -0.25) is 0 Å². The molecule has 41 heavy (non-hydrogen) atoms. The van der Waals surface area contributed by atoms with Crippen LogP contribution >= 0.6 is 23.2 Å². The van der Waals surface area contributed by atoms with Gasteiger partial charge in [0.15, 0.2) is 5.69 Å². The van der Waals surface area contributed by atoms with Crippen LogP contribution in [0.4, 0.5) is 18.9 Å². The molecule has 0 fully saturated rings. The Kier molecular flexibility index (Phi) is 9.14. The van der Waals surface area contributed by atoms with Crippen molar-refractivity contribution in [1.82, 2.24) is 10.1 Å². The maximum atomic E-state index is 14.1. The number of alkyl halides is 3. The zero-order valence-corrected chi connectivity index (χ0v) is 24.1. The first kappa shape index (κ1) is 30.2. The summed E-state index contributed by atoms with van der Waals surface area (Å²) in [6.45, 7) is 3.66. The van der Waals surface area contributed by atoms with Crippen LogP contribution in [-0.2, 0) is 24.1 Å². The van der Waals surface area contributed by atoms with Crippen LogP contribution in [0.15, 0.2) is 59.1 Å². The highest BCUT2D eigenvalue weighted by Gasteiger charge is 2.37. The van der Waals surface area contributed by atoms with E-state index in [1.807, 2.05) is 13.8 Å². The van der Waals surface area contributed by atoms with Crippen LogP contribution in [0.1, 0.15) is 52.7 Å². The van der Waals surface area contributed by atoms with Crippen molar-refractivity contribution in [3.63, 3.8) is 0 Å². The number of methoxy groups -OCH3 is 1. The Bertz CT molecular complexity index is 1540. The SMILES string of the molecule is COC(=O)c1cccc(CN(C)c2ccc(OCc3c(-c4c(Cl)cccc4Cl)noc3C(C)C)nc2C(F)(F)F)c1. The Labute approximate surface area is 244 Å². The van der Waals surface area contributed by atoms with Gasteiger partial charge in [0.05, 0.1) is 34.0 Å². The summed E-state index contributed by atoms with van der Waals surface area (Å²) < 4.78 is 58.4. The number of hydrogen-bond donors (Lipinski definition) is 0. The second-order valence-corrected chi connectivity index (χ2v) is 10.3. The van der Waals surface area contributed by atoms with Crippen LogP contribution in [-0.4, -0.2) is 30.3 Å². The largest absolute Gasteiger partial charge is 0.473 e. The van der Waals surface area contributed by atoms with E-state index in [-0.39, 0.29) is 30.6 Å². The quantitative estimate of drug-likeness (QED) is 0.177. The molecule has 0 aliphatic carbocycles. The second-order valence-electron chi connectivity index (χ2n) is 9.48. The summed E-state index contributed by atoms with van der Waals surface area (Å²) in [6.07, 6.45) is -4.77. The summed E-state index contributed by atoms with van der Waals surface area (Å²) in [6, 6.07) is 14.1. The number of esters is 1. The second kappa shape index (κ2) is 12.4. The smallest absolute Gasteiger partial charge is 0.435 e. The predicted octanol–water partition coefficient (Wildman–Crippen LogP) is 8.19. The van der Waals surface area contributed by atoms with Crippen LogP contribution in [0.2, 0.25) is 10.0 Å². The molecule has 0 saturated carbocycles. The molecule has 2 heterocycles. The fourth-order valence-corrected chi connectivity index (χ4v) is 4.86. The van der Waals surface area contributed by atoms with E-state index in [1.54, 1.807) is 42.5 Å². The highest BCUT2D eigenvalue weighted by Crippen LogP contribution is 2.40. The van der Waals surface area contributed by atoms with Gasteiger partial charge < -0.3 is 18.9 Å². The zero-order chi connectivity index (χ0) is 29.9. The number of rotatable bonds is 9. The molecule has 0 unspecified atom stereocenters. The van der Waals surface area contributed by atoms with E-state index < -0.39 is 17.8 Å². The normalized spacial score (nSPS) is 11.6. The van der Waals surface area contributed by atoms with Crippen LogP contribution in [0.25, 0.3) is 11.3 Å². The molecular weight excluding hydrogens is 582 g/mol. The van der Waals surface area contributed by atoms with E-state index in [4.69, 9.17) is 37.2 Å². The highest BCUT2D eigenvalue weighted by molar-refractivity contribution is 6.39. The average molecular weight is 608 g/mol. The summed E-state index contributed by atoms with van der Waals surface area (Å²) in [5, 5.41) is 4.81. The van der Waals surface area contributed by atoms with Crippen molar-refractivity contribution in [3.05, 3.63) is 92.8 Å². The number of carbonyl (C=O) groups is 1. The third kappa shape index (κ3) is 6.77. The van der Waals surface area contributed by atoms with Gasteiger partial charge in [0, 0.05) is 31.1 Å². The summed E-state index contributed by atoms with van der Waals surface area (Å²) in [5.74, 6) is -0.405. The van der Waals surface area contributed by atoms with E-state index in [0.29, 0.717) is 43.8 Å². The number of pyridine rings is 1. The lowest BCUT2D eigenvalue weighted by Crippen LogP contribution is -2.22. The van der Waals surface area contributed by atoms with Gasteiger partial charge in [-0.15, -0.1) is 0 Å². The maximum absolute atomic E-state index is 14.1. The van der Waals surface area contributed by atoms with Crippen molar-refractivity contribution < 1.29 is 32.0 Å². The summed E-state index contributed by atoms with van der Waals surface area (Å²) >= 11 is 12.8. The molecule has 0 bridgehead atoms. The fourth-order valence-electron chi connectivity index (χ4n) is 4.29. The van der Waals surface area contributed by atoms with Gasteiger partial charge in [-0.25, -0.2) is 9.78 Å². The molecule has 216 valence electrons. The first-order chi connectivity index (χ1) is 19.4. The molecular formula is C29H26Cl2F3N3O4. The Morgan fingerprint density at radius 2 is 1.76 bits per heavy atom. The molecule has 0 radical (unpaired) electrons. The molecule has 7 nitrogen and oxygen atoms in total. The standard InChI is InChI=1S/C29H26Cl2F3N3O4/c1-16(2)26-19(25(36-41-26)24-20(30)9-6-10-21(24)31)15-40-23-12-11-22(27(35-23)29(32,33)34)37(3)14-17-7-5-8-18(13-17)28(38)39-4/h5-13,16H,14-15H2,1-4H3. The lowest BCUT2D eigenvalue weighted by molar-refractivity contribution is -0.140. The molecule has 0 spiro atoms. The van der Waals surface area contributed by atoms with E-state index in [2.05, 4.69) is 10.1 Å². The molecule has 0 amide bonds. The van der Waals surface area contributed by atoms with Crippen molar-refractivity contribution in [2.75, 3.05) is 19.1 Å². The minimum atomic E-state index is -4.77. The number of anilines is 1. The van der Waals surface area contributed by atoms with Crippen LogP contribution in [0, 0.1) is 0 Å². The molecule has 0 saturated heterocycles. The summed E-state index contributed by atoms with van der Waals surface area (Å²) in [4.78, 5) is 17.1. The monoisotopic (exact) mass is 607 g/mol. The van der Waals surface area contributed by atoms with Crippen molar-refractivity contribution >= 4 is 34.9 Å². The molecule has 0 N–H and O–H groups in total. The highest BCUT2D eigenvalue weighted by atomic mass is 35.5. The van der Waals surface area contributed by atoms with Crippen LogP contribution in [0.5, 0.6) is 5.88 Å². The van der Waals surface area contributed by atoms with Crippen molar-refractivity contribution in [1.29, 1.82) is 0 Å². The minimum absolute atomic E-state index is 0.0796. The topological polar surface area (TPSA) is 77.7 Å². The third-order valence-electron chi connectivity index (χ3n) is 6.20. The van der Waals surface area contributed by atoms with E-state index in [9.17, 15) is 18.0 Å². The molecule has 4 rings (SSSR count). The predicted molar refractivity (Wildman–Crippen MR) is 150 cm³/mol. The third-order valence-corrected chi connectivity index (χ3v) is 6.83. The van der Waals surface area contributed by atoms with Crippen molar-refractivity contribution in [2.24, 2.45) is 0 Å². The average Bonchev–Trinajstić information content (AvgIpc) is 3.34. The molecule has 2 aromatic carbocycles. The van der Waals surface area contributed by atoms with Gasteiger partial charge in [0.1, 0.15) is 18.1 Å². The van der Waals surface area contributed by atoms with Gasteiger partial charge in [-0.2, -0.15) is 13.2 Å². The Hall–Kier alpha value is -3.76. The zero-order valence-electron chi connectivity index (χ0n) is 22.6. The Morgan fingerprint density at radius 3 is 2.39 bits per heavy atom. The van der Waals surface area contributed by atoms with Crippen molar-refractivity contribution in [2.45, 2.75) is 39.1 Å². The van der Waals surface area contributed by atoms with Gasteiger partial charge in [0.2, 0.25) is 5.88 Å². The summed E-state index contributed by atoms with van der Waals surface area (Å²) in [5.41, 5.74) is 0.895. The molecule has 0 aliphatic rings. The van der Waals surface area contributed by atoms with Crippen LogP contribution in [0.3, 0.4) is 0 Å². The maximum Gasteiger partial charge on any atom is 0.435 e. The van der Waals surface area contributed by atoms with Crippen LogP contribution < -0.4 is 9.64 Å². The van der Waals surface area contributed by atoms with Crippen molar-refractivity contribution in [3.8, 4) is 17.1 Å². The number of benzene rings is 2. The fraction of sp³-hybridized carbons (Fsp3) is 0.276. The van der Waals surface area contributed by atoms with Gasteiger partial charge in [0.25, 0.3) is 0 Å². The lowest BCUT2D eigenvalue weighted by Gasteiger charge is -2.23. The number of aromatic nitrogens is 2. The molecule has 12 heteroatoms. The number of ether oxygens (including phenoxy) is 2. The molecule has 0 aliphatic heterocycles. The number of nitrogens with zero attached hydrogens (tertiary/aromatic N) is 3. The van der Waals surface area contributed by atoms with Gasteiger partial charge in [-0.05, 0) is 35.9 Å². The van der Waals surface area contributed by atoms with E-state index in [0.717, 1.165) is 0 Å². The lowest BCUT2D eigenvalue weighted by atomic mass is 10.0. The van der Waals surface area contributed by atoms with E-state index >= 15 is 0 Å².